The third-order valence-corrected chi connectivity index (χ3v) is 1.90. The summed E-state index contributed by atoms with van der Waals surface area (Å²) in [5.41, 5.74) is 1.45. The number of aliphatic hydroxyl groups is 1. The Morgan fingerprint density at radius 1 is 1.40 bits per heavy atom. The summed E-state index contributed by atoms with van der Waals surface area (Å²) in [4.78, 5) is 11.1. The molecule has 0 saturated carbocycles. The van der Waals surface area contributed by atoms with Crippen LogP contribution < -0.4 is 0 Å². The Hall–Kier alpha value is -1.61. The highest BCUT2D eigenvalue weighted by Crippen LogP contribution is 2.07. The van der Waals surface area contributed by atoms with Gasteiger partial charge in [0.15, 0.2) is 0 Å². The third-order valence-electron chi connectivity index (χ3n) is 1.90. The highest BCUT2D eigenvalue weighted by molar-refractivity contribution is 5.89. The van der Waals surface area contributed by atoms with E-state index in [-0.39, 0.29) is 5.97 Å². The monoisotopic (exact) mass is 206 g/mol. The first-order valence-electron chi connectivity index (χ1n) is 4.68. The predicted octanol–water partition coefficient (Wildman–Crippen LogP) is 1.87. The van der Waals surface area contributed by atoms with E-state index in [0.717, 1.165) is 5.56 Å². The molecule has 15 heavy (non-hydrogen) atoms. The first-order valence-corrected chi connectivity index (χ1v) is 4.68. The van der Waals surface area contributed by atoms with Crippen LogP contribution in [0.15, 0.2) is 30.3 Å². The van der Waals surface area contributed by atoms with E-state index in [2.05, 4.69) is 4.74 Å². The second kappa shape index (κ2) is 5.32. The fraction of sp³-hybridized carbons (Fsp3) is 0.250. The molecule has 1 rings (SSSR count). The number of carbonyl (C=O) groups is 1. The zero-order valence-electron chi connectivity index (χ0n) is 8.81. The predicted molar refractivity (Wildman–Crippen MR) is 58.5 cm³/mol. The van der Waals surface area contributed by atoms with Crippen molar-refractivity contribution in [2.24, 2.45) is 0 Å². The molecular formula is C12H14O3. The SMILES string of the molecule is COC(=O)c1ccc(/C=C/C(C)O)cc1. The minimum atomic E-state index is -0.467. The van der Waals surface area contributed by atoms with Crippen molar-refractivity contribution in [3.8, 4) is 0 Å². The van der Waals surface area contributed by atoms with Gasteiger partial charge in [0.25, 0.3) is 0 Å². The Bertz CT molecular complexity index is 350. The molecule has 1 aromatic carbocycles. The van der Waals surface area contributed by atoms with Gasteiger partial charge in [0.1, 0.15) is 0 Å². The number of esters is 1. The van der Waals surface area contributed by atoms with Gasteiger partial charge in [-0.1, -0.05) is 24.3 Å². The fourth-order valence-electron chi connectivity index (χ4n) is 1.10. The zero-order chi connectivity index (χ0) is 11.3. The van der Waals surface area contributed by atoms with Crippen molar-refractivity contribution in [1.29, 1.82) is 0 Å². The molecule has 1 aromatic rings. The summed E-state index contributed by atoms with van der Waals surface area (Å²) in [5, 5.41) is 9.03. The van der Waals surface area contributed by atoms with E-state index < -0.39 is 6.10 Å². The number of carbonyl (C=O) groups excluding carboxylic acids is 1. The van der Waals surface area contributed by atoms with Crippen molar-refractivity contribution in [2.45, 2.75) is 13.0 Å². The average molecular weight is 206 g/mol. The number of rotatable bonds is 3. The number of benzene rings is 1. The third kappa shape index (κ3) is 3.56. The first kappa shape index (κ1) is 11.5. The van der Waals surface area contributed by atoms with E-state index in [1.54, 1.807) is 43.3 Å². The average Bonchev–Trinajstić information content (AvgIpc) is 2.26. The molecule has 0 spiro atoms. The van der Waals surface area contributed by atoms with Crippen LogP contribution in [-0.4, -0.2) is 24.3 Å². The Morgan fingerprint density at radius 2 is 2.00 bits per heavy atom. The Morgan fingerprint density at radius 3 is 2.47 bits per heavy atom. The second-order valence-corrected chi connectivity index (χ2v) is 3.21. The topological polar surface area (TPSA) is 46.5 Å². The van der Waals surface area contributed by atoms with E-state index in [4.69, 9.17) is 5.11 Å². The minimum absolute atomic E-state index is 0.346. The highest BCUT2D eigenvalue weighted by atomic mass is 16.5. The molecule has 1 N–H and O–H groups in total. The summed E-state index contributed by atoms with van der Waals surface area (Å²) in [6.45, 7) is 1.68. The van der Waals surface area contributed by atoms with Crippen LogP contribution in [0, 0.1) is 0 Å². The summed E-state index contributed by atoms with van der Waals surface area (Å²) in [5.74, 6) is -0.346. The van der Waals surface area contributed by atoms with E-state index in [0.29, 0.717) is 5.56 Å². The molecule has 0 saturated heterocycles. The summed E-state index contributed by atoms with van der Waals surface area (Å²) in [7, 11) is 1.35. The van der Waals surface area contributed by atoms with Gasteiger partial charge < -0.3 is 9.84 Å². The lowest BCUT2D eigenvalue weighted by Gasteiger charge is -1.99. The molecule has 0 heterocycles. The zero-order valence-corrected chi connectivity index (χ0v) is 8.81. The van der Waals surface area contributed by atoms with Gasteiger partial charge in [0.05, 0.1) is 18.8 Å². The van der Waals surface area contributed by atoms with Crippen molar-refractivity contribution in [2.75, 3.05) is 7.11 Å². The lowest BCUT2D eigenvalue weighted by Crippen LogP contribution is -2.00. The quantitative estimate of drug-likeness (QED) is 0.768. The lowest BCUT2D eigenvalue weighted by molar-refractivity contribution is 0.0600. The van der Waals surface area contributed by atoms with Crippen LogP contribution in [0.25, 0.3) is 6.08 Å². The highest BCUT2D eigenvalue weighted by Gasteiger charge is 2.02. The number of aliphatic hydroxyl groups excluding tert-OH is 1. The van der Waals surface area contributed by atoms with Gasteiger partial charge in [-0.2, -0.15) is 0 Å². The van der Waals surface area contributed by atoms with Gasteiger partial charge in [-0.05, 0) is 24.6 Å². The largest absolute Gasteiger partial charge is 0.465 e. The maximum absolute atomic E-state index is 11.1. The van der Waals surface area contributed by atoms with Gasteiger partial charge in [-0.3, -0.25) is 0 Å². The number of methoxy groups -OCH3 is 1. The smallest absolute Gasteiger partial charge is 0.337 e. The van der Waals surface area contributed by atoms with Gasteiger partial charge >= 0.3 is 5.97 Å². The molecule has 0 fully saturated rings. The van der Waals surface area contributed by atoms with Crippen molar-refractivity contribution < 1.29 is 14.6 Å². The molecule has 3 heteroatoms. The molecule has 0 aliphatic rings. The fourth-order valence-corrected chi connectivity index (χ4v) is 1.10. The molecule has 0 amide bonds. The van der Waals surface area contributed by atoms with Gasteiger partial charge in [-0.25, -0.2) is 4.79 Å². The first-order chi connectivity index (χ1) is 7.13. The minimum Gasteiger partial charge on any atom is -0.465 e. The normalized spacial score (nSPS) is 12.7. The Labute approximate surface area is 89.0 Å². The van der Waals surface area contributed by atoms with Crippen LogP contribution in [0.2, 0.25) is 0 Å². The molecule has 0 aliphatic heterocycles. The summed E-state index contributed by atoms with van der Waals surface area (Å²) >= 11 is 0. The van der Waals surface area contributed by atoms with Crippen LogP contribution >= 0.6 is 0 Å². The number of hydrogen-bond donors (Lipinski definition) is 1. The number of hydrogen-bond acceptors (Lipinski definition) is 3. The van der Waals surface area contributed by atoms with E-state index in [1.807, 2.05) is 0 Å². The van der Waals surface area contributed by atoms with Gasteiger partial charge in [-0.15, -0.1) is 0 Å². The van der Waals surface area contributed by atoms with Crippen molar-refractivity contribution >= 4 is 12.0 Å². The van der Waals surface area contributed by atoms with Crippen LogP contribution in [0.1, 0.15) is 22.8 Å². The second-order valence-electron chi connectivity index (χ2n) is 3.21. The lowest BCUT2D eigenvalue weighted by atomic mass is 10.1. The van der Waals surface area contributed by atoms with Crippen LogP contribution in [0.4, 0.5) is 0 Å². The Kier molecular flexibility index (Phi) is 4.06. The van der Waals surface area contributed by atoms with Gasteiger partial charge in [0, 0.05) is 0 Å². The van der Waals surface area contributed by atoms with E-state index in [9.17, 15) is 4.79 Å². The van der Waals surface area contributed by atoms with Crippen LogP contribution in [0.5, 0.6) is 0 Å². The van der Waals surface area contributed by atoms with Crippen molar-refractivity contribution in [3.63, 3.8) is 0 Å². The molecule has 0 radical (unpaired) electrons. The molecule has 1 unspecified atom stereocenters. The number of ether oxygens (including phenoxy) is 1. The van der Waals surface area contributed by atoms with Crippen LogP contribution in [-0.2, 0) is 4.74 Å². The van der Waals surface area contributed by atoms with Crippen molar-refractivity contribution in [3.05, 3.63) is 41.5 Å². The molecule has 0 aliphatic carbocycles. The maximum atomic E-state index is 11.1. The van der Waals surface area contributed by atoms with Crippen molar-refractivity contribution in [1.82, 2.24) is 0 Å². The molecule has 1 atom stereocenters. The summed E-state index contributed by atoms with van der Waals surface area (Å²) < 4.78 is 4.58. The van der Waals surface area contributed by atoms with E-state index in [1.165, 1.54) is 7.11 Å². The standard InChI is InChI=1S/C12H14O3/c1-9(13)3-4-10-5-7-11(8-6-10)12(14)15-2/h3-9,13H,1-2H3/b4-3+. The molecule has 0 aromatic heterocycles. The molecule has 80 valence electrons. The summed E-state index contributed by atoms with van der Waals surface area (Å²) in [6.07, 6.45) is 3.00. The maximum Gasteiger partial charge on any atom is 0.337 e. The van der Waals surface area contributed by atoms with Crippen LogP contribution in [0.3, 0.4) is 0 Å². The molecule has 3 nitrogen and oxygen atoms in total. The van der Waals surface area contributed by atoms with Gasteiger partial charge in [0.2, 0.25) is 0 Å². The van der Waals surface area contributed by atoms with E-state index >= 15 is 0 Å². The Balaban J connectivity index is 2.77. The summed E-state index contributed by atoms with van der Waals surface area (Å²) in [6, 6.07) is 6.97. The molecule has 0 bridgehead atoms. The molecular weight excluding hydrogens is 192 g/mol.